The normalized spacial score (nSPS) is 27.5. The van der Waals surface area contributed by atoms with Gasteiger partial charge in [-0.25, -0.2) is 0 Å². The monoisotopic (exact) mass is 647 g/mol. The van der Waals surface area contributed by atoms with Gasteiger partial charge in [0.2, 0.25) is 11.8 Å². The van der Waals surface area contributed by atoms with Gasteiger partial charge in [0.15, 0.2) is 5.79 Å². The number of para-hydroxylation sites is 1. The summed E-state index contributed by atoms with van der Waals surface area (Å²) in [4.78, 5) is 29.5. The van der Waals surface area contributed by atoms with Crippen LogP contribution in [-0.4, -0.2) is 42.7 Å². The fraction of sp³-hybridized carbons (Fsp3) is 0.333. The SMILES string of the molecule is CC(C)(C)[Si](OC[C@H]1C[C@@H]2C(=O)N(c3ccccc3)C(=O)[C@@H]2[C@@H]2C[C@@H](c3ccc(O)cc3)O[C@]12O)(c1ccccc1)c1ccccc1. The summed E-state index contributed by atoms with van der Waals surface area (Å²) in [6.45, 7) is 6.77. The number of aromatic hydroxyl groups is 1. The van der Waals surface area contributed by atoms with Crippen molar-refractivity contribution >= 4 is 36.2 Å². The van der Waals surface area contributed by atoms with E-state index in [4.69, 9.17) is 9.16 Å². The van der Waals surface area contributed by atoms with Crippen molar-refractivity contribution in [2.24, 2.45) is 23.7 Å². The maximum atomic E-state index is 14.1. The van der Waals surface area contributed by atoms with Crippen molar-refractivity contribution < 1.29 is 29.0 Å². The van der Waals surface area contributed by atoms with Crippen LogP contribution in [0, 0.1) is 23.7 Å². The van der Waals surface area contributed by atoms with E-state index in [0.717, 1.165) is 15.9 Å². The molecule has 0 aromatic heterocycles. The van der Waals surface area contributed by atoms with Gasteiger partial charge in [-0.15, -0.1) is 0 Å². The van der Waals surface area contributed by atoms with Crippen LogP contribution >= 0.6 is 0 Å². The summed E-state index contributed by atoms with van der Waals surface area (Å²) in [5.41, 5.74) is 1.33. The smallest absolute Gasteiger partial charge is 0.261 e. The van der Waals surface area contributed by atoms with Crippen molar-refractivity contribution in [3.05, 3.63) is 121 Å². The maximum Gasteiger partial charge on any atom is 0.261 e. The van der Waals surface area contributed by atoms with Gasteiger partial charge in [-0.2, -0.15) is 0 Å². The number of carbonyl (C=O) groups is 2. The van der Waals surface area contributed by atoms with E-state index in [1.165, 1.54) is 4.90 Å². The van der Waals surface area contributed by atoms with Crippen molar-refractivity contribution in [1.82, 2.24) is 0 Å². The molecule has 0 spiro atoms. The molecule has 3 aliphatic rings. The molecule has 1 saturated carbocycles. The molecule has 7 nitrogen and oxygen atoms in total. The van der Waals surface area contributed by atoms with E-state index in [1.807, 2.05) is 54.6 Å². The predicted octanol–water partition coefficient (Wildman–Crippen LogP) is 5.56. The molecule has 0 bridgehead atoms. The van der Waals surface area contributed by atoms with Gasteiger partial charge in [0, 0.05) is 18.4 Å². The Kier molecular flexibility index (Phi) is 7.95. The van der Waals surface area contributed by atoms with Gasteiger partial charge in [-0.3, -0.25) is 14.5 Å². The van der Waals surface area contributed by atoms with Crippen molar-refractivity contribution in [2.45, 2.75) is 50.5 Å². The van der Waals surface area contributed by atoms with E-state index in [1.54, 1.807) is 36.4 Å². The molecule has 3 fully saturated rings. The molecule has 8 heteroatoms. The highest BCUT2D eigenvalue weighted by molar-refractivity contribution is 6.99. The maximum absolute atomic E-state index is 14.1. The number of aliphatic hydroxyl groups is 1. The van der Waals surface area contributed by atoms with Gasteiger partial charge in [-0.1, -0.05) is 112 Å². The minimum Gasteiger partial charge on any atom is -0.508 e. The molecular weight excluding hydrogens is 607 g/mol. The molecule has 2 aliphatic heterocycles. The zero-order valence-electron chi connectivity index (χ0n) is 27.0. The number of phenols is 1. The Morgan fingerprint density at radius 2 is 1.36 bits per heavy atom. The molecule has 2 heterocycles. The molecule has 2 saturated heterocycles. The number of hydrogen-bond acceptors (Lipinski definition) is 6. The van der Waals surface area contributed by atoms with Crippen molar-refractivity contribution in [1.29, 1.82) is 0 Å². The molecule has 4 aromatic carbocycles. The fourth-order valence-corrected chi connectivity index (χ4v) is 13.0. The van der Waals surface area contributed by atoms with E-state index < -0.39 is 43.9 Å². The van der Waals surface area contributed by atoms with Crippen LogP contribution in [0.4, 0.5) is 5.69 Å². The number of amides is 2. The van der Waals surface area contributed by atoms with E-state index in [2.05, 4.69) is 45.0 Å². The number of benzene rings is 4. The van der Waals surface area contributed by atoms with Gasteiger partial charge in [0.1, 0.15) is 5.75 Å². The third-order valence-corrected chi connectivity index (χ3v) is 15.6. The highest BCUT2D eigenvalue weighted by Crippen LogP contribution is 2.59. The Morgan fingerprint density at radius 1 is 0.809 bits per heavy atom. The molecule has 242 valence electrons. The second-order valence-corrected chi connectivity index (χ2v) is 18.5. The first-order chi connectivity index (χ1) is 22.5. The molecule has 0 radical (unpaired) electrons. The van der Waals surface area contributed by atoms with Gasteiger partial charge < -0.3 is 19.4 Å². The third kappa shape index (κ3) is 5.15. The number of carbonyl (C=O) groups excluding carboxylic acids is 2. The van der Waals surface area contributed by atoms with Crippen molar-refractivity contribution in [3.8, 4) is 5.75 Å². The second kappa shape index (κ2) is 11.9. The number of imide groups is 1. The summed E-state index contributed by atoms with van der Waals surface area (Å²) in [5.74, 6) is -4.65. The topological polar surface area (TPSA) is 96.3 Å². The number of ether oxygens (including phenoxy) is 1. The van der Waals surface area contributed by atoms with E-state index >= 15 is 0 Å². The average Bonchev–Trinajstić information content (AvgIpc) is 3.55. The Balaban J connectivity index is 1.30. The summed E-state index contributed by atoms with van der Waals surface area (Å²) < 4.78 is 13.9. The van der Waals surface area contributed by atoms with Crippen LogP contribution in [-0.2, 0) is 18.8 Å². The second-order valence-electron chi connectivity index (χ2n) is 14.2. The van der Waals surface area contributed by atoms with Crippen LogP contribution in [0.1, 0.15) is 45.3 Å². The lowest BCUT2D eigenvalue weighted by Crippen LogP contribution is -2.67. The Labute approximate surface area is 276 Å². The highest BCUT2D eigenvalue weighted by atomic mass is 28.4. The first-order valence-corrected chi connectivity index (χ1v) is 18.3. The Bertz CT molecular complexity index is 1700. The molecule has 7 rings (SSSR count). The highest BCUT2D eigenvalue weighted by Gasteiger charge is 2.67. The first kappa shape index (κ1) is 31.5. The van der Waals surface area contributed by atoms with Crippen molar-refractivity contribution in [3.63, 3.8) is 0 Å². The van der Waals surface area contributed by atoms with Crippen LogP contribution in [0.5, 0.6) is 5.75 Å². The van der Waals surface area contributed by atoms with Gasteiger partial charge >= 0.3 is 0 Å². The lowest BCUT2D eigenvalue weighted by molar-refractivity contribution is -0.273. The summed E-state index contributed by atoms with van der Waals surface area (Å²) in [7, 11) is -2.98. The number of hydrogen-bond donors (Lipinski definition) is 2. The summed E-state index contributed by atoms with van der Waals surface area (Å²) in [6, 6.07) is 36.4. The largest absolute Gasteiger partial charge is 0.508 e. The molecule has 2 N–H and O–H groups in total. The molecule has 6 atom stereocenters. The number of fused-ring (bicyclic) bond motifs is 3. The number of nitrogens with zero attached hydrogens (tertiary/aromatic N) is 1. The molecular formula is C39H41NO6Si. The zero-order valence-corrected chi connectivity index (χ0v) is 28.0. The minimum atomic E-state index is -2.98. The fourth-order valence-electron chi connectivity index (χ4n) is 8.39. The van der Waals surface area contributed by atoms with Gasteiger partial charge in [0.05, 0.1) is 23.6 Å². The van der Waals surface area contributed by atoms with Gasteiger partial charge in [-0.05, 0) is 58.1 Å². The van der Waals surface area contributed by atoms with E-state index in [0.29, 0.717) is 12.1 Å². The number of anilines is 1. The molecule has 0 unspecified atom stereocenters. The van der Waals surface area contributed by atoms with Crippen LogP contribution in [0.3, 0.4) is 0 Å². The molecule has 47 heavy (non-hydrogen) atoms. The predicted molar refractivity (Wildman–Crippen MR) is 183 cm³/mol. The lowest BCUT2D eigenvalue weighted by atomic mass is 9.64. The summed E-state index contributed by atoms with van der Waals surface area (Å²) in [6.07, 6.45) is 0.0969. The van der Waals surface area contributed by atoms with Crippen LogP contribution in [0.25, 0.3) is 0 Å². The number of phenolic OH excluding ortho intramolecular Hbond substituents is 1. The van der Waals surface area contributed by atoms with Gasteiger partial charge in [0.25, 0.3) is 8.32 Å². The number of rotatable bonds is 7. The molecule has 2 amide bonds. The third-order valence-electron chi connectivity index (χ3n) is 10.6. The first-order valence-electron chi connectivity index (χ1n) is 16.4. The van der Waals surface area contributed by atoms with Crippen molar-refractivity contribution in [2.75, 3.05) is 11.5 Å². The van der Waals surface area contributed by atoms with E-state index in [9.17, 15) is 19.8 Å². The zero-order chi connectivity index (χ0) is 33.0. The van der Waals surface area contributed by atoms with Crippen LogP contribution in [0.2, 0.25) is 5.04 Å². The van der Waals surface area contributed by atoms with E-state index in [-0.39, 0.29) is 35.6 Å². The standard InChI is InChI=1S/C39H41NO6Si/c1-38(2,3)47(30-15-9-5-10-16-30,31-17-11-6-12-18-31)45-25-27-23-32-35(37(43)40(36(32)42)28-13-7-4-8-14-28)33-24-34(46-39(27,33)44)26-19-21-29(41)22-20-26/h4-22,27,32-35,41,44H,23-25H2,1-3H3/t27-,32+,33+,34+,35+,39-/m1/s1. The average molecular weight is 648 g/mol. The van der Waals surface area contributed by atoms with Crippen LogP contribution < -0.4 is 15.3 Å². The van der Waals surface area contributed by atoms with Crippen LogP contribution in [0.15, 0.2) is 115 Å². The molecule has 1 aliphatic carbocycles. The summed E-state index contributed by atoms with van der Waals surface area (Å²) >= 11 is 0. The quantitative estimate of drug-likeness (QED) is 0.202. The Hall–Kier alpha value is -4.08. The minimum absolute atomic E-state index is 0.134. The summed E-state index contributed by atoms with van der Waals surface area (Å²) in [5, 5.41) is 24.6. The molecule has 4 aromatic rings. The Morgan fingerprint density at radius 3 is 1.91 bits per heavy atom. The lowest BCUT2D eigenvalue weighted by Gasteiger charge is -2.48.